The summed E-state index contributed by atoms with van der Waals surface area (Å²) < 4.78 is 5.60. The van der Waals surface area contributed by atoms with Gasteiger partial charge in [0.15, 0.2) is 0 Å². The first-order chi connectivity index (χ1) is 8.31. The monoisotopic (exact) mass is 249 g/mol. The predicted molar refractivity (Wildman–Crippen MR) is 68.9 cm³/mol. The third-order valence-corrected chi connectivity index (χ3v) is 3.26. The fourth-order valence-corrected chi connectivity index (χ4v) is 2.15. The zero-order chi connectivity index (χ0) is 12.1. The summed E-state index contributed by atoms with van der Waals surface area (Å²) in [6, 6.07) is 7.97. The zero-order valence-corrected chi connectivity index (χ0v) is 10.5. The molecule has 0 unspecified atom stereocenters. The van der Waals surface area contributed by atoms with E-state index in [1.807, 2.05) is 31.2 Å². The van der Waals surface area contributed by atoms with E-state index in [-0.39, 0.29) is 0 Å². The van der Waals surface area contributed by atoms with Crippen molar-refractivity contribution < 1.29 is 4.42 Å². The summed E-state index contributed by atoms with van der Waals surface area (Å²) in [6.07, 6.45) is 0.951. The van der Waals surface area contributed by atoms with Gasteiger partial charge in [-0.05, 0) is 31.5 Å². The maximum absolute atomic E-state index is 5.60. The van der Waals surface area contributed by atoms with Crippen LogP contribution in [0.2, 0.25) is 0 Å². The molecule has 2 aromatic rings. The normalized spacial score (nSPS) is 10.7. The summed E-state index contributed by atoms with van der Waals surface area (Å²) in [7, 11) is 0. The fourth-order valence-electron chi connectivity index (χ4n) is 1.43. The van der Waals surface area contributed by atoms with Gasteiger partial charge in [0.25, 0.3) is 5.22 Å². The Balaban J connectivity index is 2.10. The molecular formula is C12H15N3OS. The molecule has 0 aliphatic heterocycles. The van der Waals surface area contributed by atoms with E-state index in [9.17, 15) is 0 Å². The van der Waals surface area contributed by atoms with E-state index in [2.05, 4.69) is 10.2 Å². The van der Waals surface area contributed by atoms with Gasteiger partial charge in [0, 0.05) is 11.3 Å². The van der Waals surface area contributed by atoms with Crippen molar-refractivity contribution in [2.24, 2.45) is 5.73 Å². The van der Waals surface area contributed by atoms with Gasteiger partial charge in [-0.15, -0.1) is 10.2 Å². The summed E-state index contributed by atoms with van der Waals surface area (Å²) in [5.41, 5.74) is 7.55. The molecule has 0 aliphatic carbocycles. The number of hydrogen-bond donors (Lipinski definition) is 1. The molecule has 0 saturated heterocycles. The van der Waals surface area contributed by atoms with E-state index < -0.39 is 0 Å². The first kappa shape index (κ1) is 12.1. The van der Waals surface area contributed by atoms with Crippen LogP contribution in [0, 0.1) is 6.92 Å². The molecule has 0 fully saturated rings. The van der Waals surface area contributed by atoms with Gasteiger partial charge < -0.3 is 10.2 Å². The third-order valence-electron chi connectivity index (χ3n) is 2.36. The van der Waals surface area contributed by atoms with Crippen molar-refractivity contribution in [2.45, 2.75) is 18.6 Å². The van der Waals surface area contributed by atoms with Crippen LogP contribution in [-0.4, -0.2) is 22.5 Å². The van der Waals surface area contributed by atoms with Crippen LogP contribution in [0.3, 0.4) is 0 Å². The molecule has 0 radical (unpaired) electrons. The van der Waals surface area contributed by atoms with E-state index in [1.54, 1.807) is 11.8 Å². The quantitative estimate of drug-likeness (QED) is 0.651. The van der Waals surface area contributed by atoms with Crippen molar-refractivity contribution in [3.8, 4) is 11.5 Å². The SMILES string of the molecule is Cc1ccccc1-c1nnc(SCCCN)o1. The van der Waals surface area contributed by atoms with Gasteiger partial charge in [-0.25, -0.2) is 0 Å². The molecule has 90 valence electrons. The average molecular weight is 249 g/mol. The maximum atomic E-state index is 5.60. The first-order valence-electron chi connectivity index (χ1n) is 5.53. The van der Waals surface area contributed by atoms with E-state index in [1.165, 1.54) is 0 Å². The van der Waals surface area contributed by atoms with Crippen LogP contribution in [0.15, 0.2) is 33.9 Å². The van der Waals surface area contributed by atoms with Crippen molar-refractivity contribution in [3.63, 3.8) is 0 Å². The standard InChI is InChI=1S/C12H15N3OS/c1-9-5-2-3-6-10(9)11-14-15-12(16-11)17-8-4-7-13/h2-3,5-6H,4,7-8,13H2,1H3. The second-order valence-electron chi connectivity index (χ2n) is 3.68. The molecule has 0 saturated carbocycles. The molecule has 0 amide bonds. The van der Waals surface area contributed by atoms with E-state index in [4.69, 9.17) is 10.2 Å². The average Bonchev–Trinajstić information content (AvgIpc) is 2.79. The molecule has 1 aromatic carbocycles. The second kappa shape index (κ2) is 5.84. The number of thioether (sulfide) groups is 1. The number of nitrogens with two attached hydrogens (primary N) is 1. The molecule has 2 rings (SSSR count). The van der Waals surface area contributed by atoms with Crippen LogP contribution >= 0.6 is 11.8 Å². The second-order valence-corrected chi connectivity index (χ2v) is 4.72. The van der Waals surface area contributed by atoms with Crippen LogP contribution in [0.4, 0.5) is 0 Å². The van der Waals surface area contributed by atoms with Gasteiger partial charge in [0.2, 0.25) is 5.89 Å². The molecule has 0 spiro atoms. The molecule has 1 aromatic heterocycles. The maximum Gasteiger partial charge on any atom is 0.276 e. The third kappa shape index (κ3) is 3.08. The van der Waals surface area contributed by atoms with Crippen LogP contribution in [-0.2, 0) is 0 Å². The van der Waals surface area contributed by atoms with E-state index >= 15 is 0 Å². The Labute approximate surface area is 105 Å². The van der Waals surface area contributed by atoms with Crippen LogP contribution in [0.5, 0.6) is 0 Å². The smallest absolute Gasteiger partial charge is 0.276 e. The lowest BCUT2D eigenvalue weighted by atomic mass is 10.1. The number of nitrogens with zero attached hydrogens (tertiary/aromatic N) is 2. The lowest BCUT2D eigenvalue weighted by Gasteiger charge is -1.98. The van der Waals surface area contributed by atoms with Gasteiger partial charge in [-0.3, -0.25) is 0 Å². The van der Waals surface area contributed by atoms with Crippen LogP contribution < -0.4 is 5.73 Å². The molecular weight excluding hydrogens is 234 g/mol. The summed E-state index contributed by atoms with van der Waals surface area (Å²) in [5.74, 6) is 1.49. The molecule has 17 heavy (non-hydrogen) atoms. The topological polar surface area (TPSA) is 64.9 Å². The van der Waals surface area contributed by atoms with Gasteiger partial charge in [0.05, 0.1) is 0 Å². The van der Waals surface area contributed by atoms with Crippen molar-refractivity contribution >= 4 is 11.8 Å². The number of rotatable bonds is 5. The number of benzene rings is 1. The highest BCUT2D eigenvalue weighted by molar-refractivity contribution is 7.99. The summed E-state index contributed by atoms with van der Waals surface area (Å²) >= 11 is 1.55. The highest BCUT2D eigenvalue weighted by atomic mass is 32.2. The van der Waals surface area contributed by atoms with Crippen molar-refractivity contribution in [1.82, 2.24) is 10.2 Å². The molecule has 2 N–H and O–H groups in total. The highest BCUT2D eigenvalue weighted by Crippen LogP contribution is 2.25. The van der Waals surface area contributed by atoms with Crippen molar-refractivity contribution in [1.29, 1.82) is 0 Å². The molecule has 0 bridgehead atoms. The van der Waals surface area contributed by atoms with E-state index in [0.717, 1.165) is 23.3 Å². The molecule has 4 nitrogen and oxygen atoms in total. The van der Waals surface area contributed by atoms with Crippen molar-refractivity contribution in [3.05, 3.63) is 29.8 Å². The minimum Gasteiger partial charge on any atom is -0.411 e. The fraction of sp³-hybridized carbons (Fsp3) is 0.333. The van der Waals surface area contributed by atoms with Gasteiger partial charge in [-0.2, -0.15) is 0 Å². The van der Waals surface area contributed by atoms with E-state index in [0.29, 0.717) is 17.7 Å². The largest absolute Gasteiger partial charge is 0.411 e. The predicted octanol–water partition coefficient (Wildman–Crippen LogP) is 2.49. The summed E-state index contributed by atoms with van der Waals surface area (Å²) in [5, 5.41) is 8.68. The number of aryl methyl sites for hydroxylation is 1. The Kier molecular flexibility index (Phi) is 4.17. The van der Waals surface area contributed by atoms with Gasteiger partial charge >= 0.3 is 0 Å². The number of hydrogen-bond acceptors (Lipinski definition) is 5. The zero-order valence-electron chi connectivity index (χ0n) is 9.72. The Bertz CT molecular complexity index is 484. The Morgan fingerprint density at radius 2 is 2.12 bits per heavy atom. The molecule has 0 atom stereocenters. The Morgan fingerprint density at radius 1 is 1.29 bits per heavy atom. The van der Waals surface area contributed by atoms with Crippen LogP contribution in [0.25, 0.3) is 11.5 Å². The molecule has 0 aliphatic rings. The Morgan fingerprint density at radius 3 is 2.88 bits per heavy atom. The number of aromatic nitrogens is 2. The first-order valence-corrected chi connectivity index (χ1v) is 6.52. The van der Waals surface area contributed by atoms with Gasteiger partial charge in [0.1, 0.15) is 0 Å². The van der Waals surface area contributed by atoms with Crippen molar-refractivity contribution in [2.75, 3.05) is 12.3 Å². The van der Waals surface area contributed by atoms with Gasteiger partial charge in [-0.1, -0.05) is 30.0 Å². The highest BCUT2D eigenvalue weighted by Gasteiger charge is 2.10. The van der Waals surface area contributed by atoms with Crippen LogP contribution in [0.1, 0.15) is 12.0 Å². The lowest BCUT2D eigenvalue weighted by molar-refractivity contribution is 0.465. The Hall–Kier alpha value is -1.33. The molecule has 5 heteroatoms. The lowest BCUT2D eigenvalue weighted by Crippen LogP contribution is -1.99. The summed E-state index contributed by atoms with van der Waals surface area (Å²) in [6.45, 7) is 2.71. The summed E-state index contributed by atoms with van der Waals surface area (Å²) in [4.78, 5) is 0. The molecule has 1 heterocycles. The minimum absolute atomic E-state index is 0.582. The minimum atomic E-state index is 0.582.